The monoisotopic (exact) mass is 469 g/mol. The molecule has 0 bridgehead atoms. The van der Waals surface area contributed by atoms with Gasteiger partial charge in [0.2, 0.25) is 0 Å². The summed E-state index contributed by atoms with van der Waals surface area (Å²) in [6, 6.07) is 6.63. The number of amides is 1. The van der Waals surface area contributed by atoms with Crippen molar-refractivity contribution in [2.45, 2.75) is 65.6 Å². The zero-order chi connectivity index (χ0) is 24.6. The van der Waals surface area contributed by atoms with E-state index in [4.69, 9.17) is 22.2 Å². The summed E-state index contributed by atoms with van der Waals surface area (Å²) in [6.45, 7) is 12.8. The maximum Gasteiger partial charge on any atom is 0.314 e. The molecule has 0 spiro atoms. The van der Waals surface area contributed by atoms with E-state index in [9.17, 15) is 14.4 Å². The van der Waals surface area contributed by atoms with Crippen LogP contribution in [-0.4, -0.2) is 54.2 Å². The fourth-order valence-corrected chi connectivity index (χ4v) is 3.01. The molecule has 32 heavy (non-hydrogen) atoms. The molecule has 1 aliphatic heterocycles. The highest BCUT2D eigenvalue weighted by Crippen LogP contribution is 2.33. The van der Waals surface area contributed by atoms with Gasteiger partial charge in [-0.15, -0.1) is 0 Å². The quantitative estimate of drug-likeness (QED) is 0.386. The summed E-state index contributed by atoms with van der Waals surface area (Å²) in [7, 11) is 0. The number of carbonyl (C=O) groups is 3. The molecule has 1 fully saturated rings. The Morgan fingerprint density at radius 2 is 1.62 bits per heavy atom. The molecule has 0 unspecified atom stereocenters. The van der Waals surface area contributed by atoms with Gasteiger partial charge in [-0.1, -0.05) is 11.6 Å². The molecule has 0 radical (unpaired) electrons. The molecule has 9 heteroatoms. The van der Waals surface area contributed by atoms with E-state index in [0.29, 0.717) is 43.0 Å². The lowest BCUT2D eigenvalue weighted by Gasteiger charge is -2.39. The molecule has 1 aromatic rings. The number of hydrazine groups is 1. The molecule has 1 saturated heterocycles. The number of ether oxygens (including phenoxy) is 2. The molecular weight excluding hydrogens is 434 g/mol. The predicted octanol–water partition coefficient (Wildman–Crippen LogP) is 3.33. The molecule has 1 aromatic carbocycles. The van der Waals surface area contributed by atoms with Crippen molar-refractivity contribution in [1.29, 1.82) is 0 Å². The first-order valence-corrected chi connectivity index (χ1v) is 10.9. The summed E-state index contributed by atoms with van der Waals surface area (Å²) in [6.07, 6.45) is 1.08. The Bertz CT molecular complexity index is 761. The number of rotatable bonds is 5. The zero-order valence-electron chi connectivity index (χ0n) is 19.9. The molecule has 0 aromatic heterocycles. The summed E-state index contributed by atoms with van der Waals surface area (Å²) >= 11 is 5.84. The van der Waals surface area contributed by atoms with Crippen LogP contribution in [0.15, 0.2) is 24.3 Å². The van der Waals surface area contributed by atoms with Crippen molar-refractivity contribution in [3.8, 4) is 0 Å². The van der Waals surface area contributed by atoms with Gasteiger partial charge in [0.25, 0.3) is 12.4 Å². The smallest absolute Gasteiger partial charge is 0.314 e. The number of nitrogens with zero attached hydrogens (tertiary/aromatic N) is 1. The number of halogens is 1. The van der Waals surface area contributed by atoms with E-state index in [0.717, 1.165) is 0 Å². The third-order valence-corrected chi connectivity index (χ3v) is 4.93. The van der Waals surface area contributed by atoms with Gasteiger partial charge in [0, 0.05) is 30.2 Å². The summed E-state index contributed by atoms with van der Waals surface area (Å²) < 4.78 is 10.2. The lowest BCUT2D eigenvalue weighted by Crippen LogP contribution is -2.53. The van der Waals surface area contributed by atoms with Gasteiger partial charge in [0.1, 0.15) is 11.2 Å². The minimum Gasteiger partial charge on any atom is -0.462 e. The third-order valence-electron chi connectivity index (χ3n) is 4.68. The number of nitrogens with one attached hydrogen (secondary N) is 1. The normalized spacial score (nSPS) is 16.2. The van der Waals surface area contributed by atoms with E-state index in [-0.39, 0.29) is 24.0 Å². The number of carbonyl (C=O) groups excluding carboxylic acids is 3. The van der Waals surface area contributed by atoms with E-state index in [1.807, 2.05) is 41.5 Å². The fraction of sp³-hybridized carbons (Fsp3) is 0.609. The highest BCUT2D eigenvalue weighted by atomic mass is 35.5. The first kappa shape index (κ1) is 27.9. The van der Waals surface area contributed by atoms with Crippen LogP contribution in [0.25, 0.3) is 0 Å². The lowest BCUT2D eigenvalue weighted by molar-refractivity contribution is -0.170. The number of nitrogens with two attached hydrogens (primary N) is 1. The first-order valence-electron chi connectivity index (χ1n) is 10.6. The molecule has 8 nitrogen and oxygen atoms in total. The third kappa shape index (κ3) is 9.97. The van der Waals surface area contributed by atoms with Crippen molar-refractivity contribution in [2.24, 2.45) is 11.3 Å². The van der Waals surface area contributed by atoms with E-state index >= 15 is 0 Å². The summed E-state index contributed by atoms with van der Waals surface area (Å²) in [4.78, 5) is 34.8. The van der Waals surface area contributed by atoms with Gasteiger partial charge >= 0.3 is 5.97 Å². The Kier molecular flexibility index (Phi) is 10.1. The number of esters is 1. The van der Waals surface area contributed by atoms with Gasteiger partial charge in [-0.25, -0.2) is 5.01 Å². The van der Waals surface area contributed by atoms with Crippen molar-refractivity contribution in [1.82, 2.24) is 10.3 Å². The lowest BCUT2D eigenvalue weighted by atomic mass is 9.78. The van der Waals surface area contributed by atoms with Crippen LogP contribution in [0.5, 0.6) is 0 Å². The van der Waals surface area contributed by atoms with Gasteiger partial charge in [0.05, 0.1) is 5.41 Å². The summed E-state index contributed by atoms with van der Waals surface area (Å²) in [5.41, 5.74) is -1.16. The fourth-order valence-electron chi connectivity index (χ4n) is 2.89. The second-order valence-electron chi connectivity index (χ2n) is 9.83. The van der Waals surface area contributed by atoms with E-state index in [1.54, 1.807) is 29.3 Å². The average molecular weight is 470 g/mol. The molecule has 3 N–H and O–H groups in total. The predicted molar refractivity (Wildman–Crippen MR) is 124 cm³/mol. The minimum atomic E-state index is -0.759. The molecular formula is C23H36ClN3O5. The number of piperidine rings is 1. The first-order chi connectivity index (χ1) is 14.7. The maximum atomic E-state index is 12.8. The summed E-state index contributed by atoms with van der Waals surface area (Å²) in [5, 5.41) is 5.12. The molecule has 0 atom stereocenters. The standard InChI is InChI=1S/C18H26ClN3O3.C5H10O2/c1-17(2,3)25-16(24)18(8-10-22(20)11-9-18)12-21-15(23)13-4-6-14(19)7-5-13;1-5(2,3)7-4-6/h4-7H,8-12,20H2,1-3H3,(H,21,23);4H,1-3H3. The van der Waals surface area contributed by atoms with Gasteiger partial charge in [0.15, 0.2) is 0 Å². The molecule has 180 valence electrons. The average Bonchev–Trinajstić information content (AvgIpc) is 2.66. The SMILES string of the molecule is CC(C)(C)OC(=O)C1(CNC(=O)c2ccc(Cl)cc2)CCN(N)CC1.CC(C)(C)OC=O. The Hall–Kier alpha value is -2.16. The van der Waals surface area contributed by atoms with Crippen molar-refractivity contribution in [2.75, 3.05) is 19.6 Å². The molecule has 0 saturated carbocycles. The van der Waals surface area contributed by atoms with Gasteiger partial charge < -0.3 is 14.8 Å². The van der Waals surface area contributed by atoms with Gasteiger partial charge in [-0.2, -0.15) is 0 Å². The van der Waals surface area contributed by atoms with Gasteiger partial charge in [-0.3, -0.25) is 20.2 Å². The van der Waals surface area contributed by atoms with Crippen LogP contribution < -0.4 is 11.2 Å². The topological polar surface area (TPSA) is 111 Å². The molecule has 1 amide bonds. The second-order valence-corrected chi connectivity index (χ2v) is 10.3. The Balaban J connectivity index is 0.000000633. The van der Waals surface area contributed by atoms with Crippen LogP contribution in [-0.2, 0) is 19.1 Å². The van der Waals surface area contributed by atoms with Crippen LogP contribution in [0.3, 0.4) is 0 Å². The van der Waals surface area contributed by atoms with Crippen molar-refractivity contribution >= 4 is 29.9 Å². The minimum absolute atomic E-state index is 0.219. The number of benzene rings is 1. The number of hydrogen-bond acceptors (Lipinski definition) is 7. The van der Waals surface area contributed by atoms with Crippen LogP contribution in [0.4, 0.5) is 0 Å². The van der Waals surface area contributed by atoms with Crippen LogP contribution in [0.1, 0.15) is 64.7 Å². The Labute approximate surface area is 195 Å². The van der Waals surface area contributed by atoms with Crippen LogP contribution in [0.2, 0.25) is 5.02 Å². The molecule has 1 heterocycles. The summed E-state index contributed by atoms with van der Waals surface area (Å²) in [5.74, 6) is 5.30. The largest absolute Gasteiger partial charge is 0.462 e. The van der Waals surface area contributed by atoms with Crippen LogP contribution >= 0.6 is 11.6 Å². The van der Waals surface area contributed by atoms with E-state index in [1.165, 1.54) is 0 Å². The van der Waals surface area contributed by atoms with Crippen molar-refractivity contribution < 1.29 is 23.9 Å². The van der Waals surface area contributed by atoms with Gasteiger partial charge in [-0.05, 0) is 78.6 Å². The second kappa shape index (κ2) is 11.6. The maximum absolute atomic E-state index is 12.8. The highest BCUT2D eigenvalue weighted by Gasteiger charge is 2.44. The van der Waals surface area contributed by atoms with Crippen molar-refractivity contribution in [3.63, 3.8) is 0 Å². The molecule has 1 aliphatic rings. The van der Waals surface area contributed by atoms with Crippen LogP contribution in [0, 0.1) is 5.41 Å². The number of hydrogen-bond donors (Lipinski definition) is 2. The Morgan fingerprint density at radius 3 is 2.03 bits per heavy atom. The molecule has 0 aliphatic carbocycles. The highest BCUT2D eigenvalue weighted by molar-refractivity contribution is 6.30. The Morgan fingerprint density at radius 1 is 1.09 bits per heavy atom. The zero-order valence-corrected chi connectivity index (χ0v) is 20.6. The van der Waals surface area contributed by atoms with Crippen molar-refractivity contribution in [3.05, 3.63) is 34.9 Å². The van der Waals surface area contributed by atoms with E-state index < -0.39 is 11.0 Å². The molecule has 2 rings (SSSR count). The van der Waals surface area contributed by atoms with E-state index in [2.05, 4.69) is 10.1 Å².